The molecule has 0 bridgehead atoms. The number of hydrogen-bond donors (Lipinski definition) is 4. The van der Waals surface area contributed by atoms with Gasteiger partial charge in [0.1, 0.15) is 34.0 Å². The van der Waals surface area contributed by atoms with E-state index in [0.29, 0.717) is 6.42 Å². The number of fused-ring (bicyclic) bond motifs is 3. The summed E-state index contributed by atoms with van der Waals surface area (Å²) in [6, 6.07) is 9.04. The first-order chi connectivity index (χ1) is 16.5. The van der Waals surface area contributed by atoms with Gasteiger partial charge in [0.15, 0.2) is 17.3 Å². The monoisotopic (exact) mass is 477 g/mol. The van der Waals surface area contributed by atoms with Gasteiger partial charge in [-0.2, -0.15) is 0 Å². The lowest BCUT2D eigenvalue weighted by atomic mass is 9.70. The molecule has 1 aliphatic carbocycles. The average molecular weight is 478 g/mol. The second-order valence-corrected chi connectivity index (χ2v) is 9.10. The minimum absolute atomic E-state index is 0.0233. The minimum atomic E-state index is -1.58. The number of aromatic hydroxyl groups is 2. The average Bonchev–Trinajstić information content (AvgIpc) is 3.10. The van der Waals surface area contributed by atoms with Crippen LogP contribution < -0.4 is 10.1 Å². The standard InChI is InChI=1S/C27H27NO7/c1-13-23(32)21(15(3)30)25-22(24(13)33)27(4)19(35-25)11-18(31)20(26(27)34)14(2)28-17(12-29)10-16-8-6-5-7-9-16/h5-9,11,17,28-29,32-33H,10,12H2,1-4H3/t17-,27-/m0/s1. The van der Waals surface area contributed by atoms with Crippen molar-refractivity contribution in [1.29, 1.82) is 0 Å². The predicted molar refractivity (Wildman–Crippen MR) is 127 cm³/mol. The van der Waals surface area contributed by atoms with Gasteiger partial charge in [-0.05, 0) is 39.7 Å². The fraction of sp³-hybridized carbons (Fsp3) is 0.296. The number of rotatable bonds is 6. The van der Waals surface area contributed by atoms with Crippen LogP contribution in [0.1, 0.15) is 47.8 Å². The van der Waals surface area contributed by atoms with Crippen LogP contribution in [0.4, 0.5) is 0 Å². The van der Waals surface area contributed by atoms with Gasteiger partial charge in [-0.1, -0.05) is 30.3 Å². The molecular weight excluding hydrogens is 450 g/mol. The third kappa shape index (κ3) is 3.70. The number of aliphatic hydroxyl groups is 1. The van der Waals surface area contributed by atoms with Crippen molar-refractivity contribution in [2.24, 2.45) is 0 Å². The van der Waals surface area contributed by atoms with Crippen molar-refractivity contribution >= 4 is 17.3 Å². The molecule has 2 aromatic carbocycles. The zero-order valence-electron chi connectivity index (χ0n) is 19.9. The molecule has 2 aliphatic rings. The summed E-state index contributed by atoms with van der Waals surface area (Å²) in [5.74, 6) is -2.68. The van der Waals surface area contributed by atoms with E-state index in [0.717, 1.165) is 5.56 Å². The Hall–Kier alpha value is -3.91. The lowest BCUT2D eigenvalue weighted by Crippen LogP contribution is -2.42. The van der Waals surface area contributed by atoms with E-state index in [2.05, 4.69) is 5.32 Å². The number of hydrogen-bond acceptors (Lipinski definition) is 8. The molecule has 0 amide bonds. The van der Waals surface area contributed by atoms with E-state index in [-0.39, 0.29) is 51.8 Å². The van der Waals surface area contributed by atoms with E-state index in [4.69, 9.17) is 4.74 Å². The molecule has 8 nitrogen and oxygen atoms in total. The summed E-state index contributed by atoms with van der Waals surface area (Å²) < 4.78 is 5.77. The van der Waals surface area contributed by atoms with E-state index < -0.39 is 34.6 Å². The van der Waals surface area contributed by atoms with Gasteiger partial charge in [0.2, 0.25) is 0 Å². The number of allylic oxidation sites excluding steroid dienone is 4. The van der Waals surface area contributed by atoms with Crippen LogP contribution in [0.2, 0.25) is 0 Å². The highest BCUT2D eigenvalue weighted by atomic mass is 16.5. The van der Waals surface area contributed by atoms with Gasteiger partial charge < -0.3 is 25.4 Å². The number of carbonyl (C=O) groups excluding carboxylic acids is 3. The predicted octanol–water partition coefficient (Wildman–Crippen LogP) is 2.76. The molecular formula is C27H27NO7. The molecule has 0 radical (unpaired) electrons. The highest BCUT2D eigenvalue weighted by molar-refractivity contribution is 6.31. The zero-order valence-corrected chi connectivity index (χ0v) is 19.9. The van der Waals surface area contributed by atoms with Crippen molar-refractivity contribution < 1.29 is 34.4 Å². The van der Waals surface area contributed by atoms with Crippen LogP contribution in [0.25, 0.3) is 0 Å². The number of phenols is 2. The number of benzene rings is 2. The number of carbonyl (C=O) groups is 3. The van der Waals surface area contributed by atoms with Gasteiger partial charge in [0.25, 0.3) is 0 Å². The van der Waals surface area contributed by atoms with Crippen LogP contribution in [0.3, 0.4) is 0 Å². The molecule has 2 aromatic rings. The fourth-order valence-corrected chi connectivity index (χ4v) is 4.80. The topological polar surface area (TPSA) is 133 Å². The Morgan fingerprint density at radius 1 is 1.11 bits per heavy atom. The van der Waals surface area contributed by atoms with Crippen LogP contribution in [-0.4, -0.2) is 45.3 Å². The smallest absolute Gasteiger partial charge is 0.194 e. The van der Waals surface area contributed by atoms with Gasteiger partial charge in [-0.3, -0.25) is 14.4 Å². The molecule has 8 heteroatoms. The minimum Gasteiger partial charge on any atom is -0.507 e. The van der Waals surface area contributed by atoms with Gasteiger partial charge in [0.05, 0.1) is 23.8 Å². The molecule has 0 aromatic heterocycles. The molecule has 4 N–H and O–H groups in total. The van der Waals surface area contributed by atoms with E-state index >= 15 is 0 Å². The van der Waals surface area contributed by atoms with Crippen molar-refractivity contribution in [1.82, 2.24) is 5.32 Å². The molecule has 1 heterocycles. The Labute approximate surface area is 202 Å². The van der Waals surface area contributed by atoms with Crippen LogP contribution in [0.5, 0.6) is 17.2 Å². The summed E-state index contributed by atoms with van der Waals surface area (Å²) >= 11 is 0. The number of aliphatic hydroxyl groups excluding tert-OH is 1. The summed E-state index contributed by atoms with van der Waals surface area (Å²) in [7, 11) is 0. The summed E-state index contributed by atoms with van der Waals surface area (Å²) in [5.41, 5.74) is -0.542. The summed E-state index contributed by atoms with van der Waals surface area (Å²) in [6.45, 7) is 5.54. The largest absolute Gasteiger partial charge is 0.507 e. The molecule has 2 atom stereocenters. The second kappa shape index (κ2) is 8.70. The molecule has 0 fully saturated rings. The third-order valence-electron chi connectivity index (χ3n) is 6.73. The molecule has 0 spiro atoms. The normalized spacial score (nSPS) is 21.0. The number of ketones is 3. The van der Waals surface area contributed by atoms with E-state index in [1.165, 1.54) is 26.8 Å². The van der Waals surface area contributed by atoms with Crippen molar-refractivity contribution in [2.75, 3.05) is 6.61 Å². The number of phenolic OH excluding ortho intramolecular Hbond substituents is 2. The summed E-state index contributed by atoms with van der Waals surface area (Å²) in [6.07, 6.45) is 1.64. The maximum atomic E-state index is 13.8. The molecule has 0 saturated heterocycles. The van der Waals surface area contributed by atoms with Crippen LogP contribution >= 0.6 is 0 Å². The van der Waals surface area contributed by atoms with Gasteiger partial charge >= 0.3 is 0 Å². The number of nitrogens with one attached hydrogen (secondary N) is 1. The Balaban J connectivity index is 1.80. The van der Waals surface area contributed by atoms with Crippen LogP contribution in [-0.2, 0) is 21.4 Å². The first-order valence-electron chi connectivity index (χ1n) is 11.2. The van der Waals surface area contributed by atoms with Crippen molar-refractivity contribution in [3.05, 3.63) is 75.7 Å². The van der Waals surface area contributed by atoms with E-state index in [1.807, 2.05) is 30.3 Å². The van der Waals surface area contributed by atoms with Crippen LogP contribution in [0, 0.1) is 6.92 Å². The third-order valence-corrected chi connectivity index (χ3v) is 6.73. The SMILES string of the molecule is CC(=O)c1c(O)c(C)c(O)c2c1OC1=CC(=O)C(=C(C)N[C@H](CO)Cc3ccccc3)C(=O)[C@@]12C. The molecule has 0 unspecified atom stereocenters. The Morgan fingerprint density at radius 3 is 2.37 bits per heavy atom. The van der Waals surface area contributed by atoms with Crippen molar-refractivity contribution in [3.8, 4) is 17.2 Å². The lowest BCUT2D eigenvalue weighted by Gasteiger charge is -2.29. The Morgan fingerprint density at radius 2 is 1.77 bits per heavy atom. The van der Waals surface area contributed by atoms with E-state index in [1.54, 1.807) is 6.92 Å². The Kier molecular flexibility index (Phi) is 6.02. The van der Waals surface area contributed by atoms with Crippen LogP contribution in [0.15, 0.2) is 53.4 Å². The van der Waals surface area contributed by atoms with Gasteiger partial charge in [0, 0.05) is 17.3 Å². The van der Waals surface area contributed by atoms with Gasteiger partial charge in [-0.25, -0.2) is 0 Å². The molecule has 35 heavy (non-hydrogen) atoms. The maximum Gasteiger partial charge on any atom is 0.194 e. The first kappa shape index (κ1) is 24.2. The summed E-state index contributed by atoms with van der Waals surface area (Å²) in [5, 5.41) is 34.3. The first-order valence-corrected chi connectivity index (χ1v) is 11.2. The molecule has 0 saturated carbocycles. The lowest BCUT2D eigenvalue weighted by molar-refractivity contribution is -0.123. The highest BCUT2D eigenvalue weighted by Gasteiger charge is 2.56. The number of Topliss-reactive ketones (excluding diaryl/α,β-unsaturated/α-hetero) is 2. The molecule has 1 aliphatic heterocycles. The fourth-order valence-electron chi connectivity index (χ4n) is 4.80. The maximum absolute atomic E-state index is 13.8. The Bertz CT molecular complexity index is 1320. The molecule has 4 rings (SSSR count). The molecule has 182 valence electrons. The van der Waals surface area contributed by atoms with E-state index in [9.17, 15) is 29.7 Å². The van der Waals surface area contributed by atoms with Crippen molar-refractivity contribution in [2.45, 2.75) is 45.6 Å². The summed E-state index contributed by atoms with van der Waals surface area (Å²) in [4.78, 5) is 39.2. The highest BCUT2D eigenvalue weighted by Crippen LogP contribution is 2.57. The van der Waals surface area contributed by atoms with Crippen molar-refractivity contribution in [3.63, 3.8) is 0 Å². The second-order valence-electron chi connectivity index (χ2n) is 9.10. The zero-order chi connectivity index (χ0) is 25.7. The number of ether oxygens (including phenoxy) is 1. The quantitative estimate of drug-likeness (QED) is 0.284. The van der Waals surface area contributed by atoms with Gasteiger partial charge in [-0.15, -0.1) is 0 Å².